The average molecular weight is 413 g/mol. The Hall–Kier alpha value is -3.40. The van der Waals surface area contributed by atoms with E-state index in [2.05, 4.69) is 20.7 Å². The summed E-state index contributed by atoms with van der Waals surface area (Å²) in [6.45, 7) is 1.28. The zero-order valence-corrected chi connectivity index (χ0v) is 16.5. The number of nitrogens with zero attached hydrogens (tertiary/aromatic N) is 4. The number of rotatable bonds is 9. The number of nitrogens with one attached hydrogen (secondary N) is 1. The first-order valence-electron chi connectivity index (χ1n) is 8.94. The molecule has 0 unspecified atom stereocenters. The lowest BCUT2D eigenvalue weighted by molar-refractivity contribution is -0.143. The van der Waals surface area contributed by atoms with Crippen LogP contribution in [0.3, 0.4) is 0 Å². The molecule has 2 heterocycles. The Balaban J connectivity index is 1.47. The van der Waals surface area contributed by atoms with Gasteiger partial charge >= 0.3 is 5.97 Å². The SMILES string of the molecule is CCCC(=O)Nc1ccc(C(=O)COC(=O)Cn2nnc(-c3ccsc3)n2)cc1. The molecule has 0 radical (unpaired) electrons. The third-order valence-electron chi connectivity index (χ3n) is 3.83. The first-order valence-corrected chi connectivity index (χ1v) is 9.88. The molecule has 1 N–H and O–H groups in total. The maximum atomic E-state index is 12.2. The quantitative estimate of drug-likeness (QED) is 0.423. The Morgan fingerprint density at radius 2 is 1.97 bits per heavy atom. The topological polar surface area (TPSA) is 116 Å². The zero-order chi connectivity index (χ0) is 20.6. The number of carbonyl (C=O) groups excluding carboxylic acids is 3. The van der Waals surface area contributed by atoms with Crippen LogP contribution in [-0.2, 0) is 20.9 Å². The summed E-state index contributed by atoms with van der Waals surface area (Å²) in [7, 11) is 0. The number of aromatic nitrogens is 4. The van der Waals surface area contributed by atoms with Crippen LogP contribution in [-0.4, -0.2) is 44.5 Å². The van der Waals surface area contributed by atoms with Crippen LogP contribution in [0.1, 0.15) is 30.1 Å². The van der Waals surface area contributed by atoms with Gasteiger partial charge in [-0.3, -0.25) is 9.59 Å². The highest BCUT2D eigenvalue weighted by molar-refractivity contribution is 7.08. The molecule has 1 aromatic carbocycles. The summed E-state index contributed by atoms with van der Waals surface area (Å²) >= 11 is 1.51. The molecule has 0 atom stereocenters. The van der Waals surface area contributed by atoms with Crippen LogP contribution >= 0.6 is 11.3 Å². The van der Waals surface area contributed by atoms with Crippen LogP contribution in [0.4, 0.5) is 5.69 Å². The molecule has 29 heavy (non-hydrogen) atoms. The molecule has 0 saturated carbocycles. The molecule has 1 amide bonds. The van der Waals surface area contributed by atoms with E-state index < -0.39 is 12.6 Å². The first kappa shape index (κ1) is 20.3. The molecule has 9 nitrogen and oxygen atoms in total. The number of amides is 1. The van der Waals surface area contributed by atoms with E-state index in [0.717, 1.165) is 16.8 Å². The minimum atomic E-state index is -0.643. The molecule has 10 heteroatoms. The van der Waals surface area contributed by atoms with Gasteiger partial charge in [-0.15, -0.1) is 10.2 Å². The Bertz CT molecular complexity index is 982. The number of tetrazole rings is 1. The smallest absolute Gasteiger partial charge is 0.330 e. The second-order valence-corrected chi connectivity index (χ2v) is 6.89. The summed E-state index contributed by atoms with van der Waals surface area (Å²) < 4.78 is 5.00. The van der Waals surface area contributed by atoms with Crippen molar-refractivity contribution in [1.29, 1.82) is 0 Å². The van der Waals surface area contributed by atoms with Crippen molar-refractivity contribution in [1.82, 2.24) is 20.2 Å². The number of carbonyl (C=O) groups is 3. The predicted molar refractivity (Wildman–Crippen MR) is 106 cm³/mol. The van der Waals surface area contributed by atoms with Crippen LogP contribution in [0, 0.1) is 0 Å². The second kappa shape index (κ2) is 9.69. The molecule has 0 aliphatic carbocycles. The van der Waals surface area contributed by atoms with Crippen molar-refractivity contribution in [2.75, 3.05) is 11.9 Å². The Kier molecular flexibility index (Phi) is 6.80. The molecule has 3 rings (SSSR count). The van der Waals surface area contributed by atoms with Crippen LogP contribution < -0.4 is 5.32 Å². The normalized spacial score (nSPS) is 10.5. The number of hydrogen-bond acceptors (Lipinski definition) is 8. The fourth-order valence-corrected chi connectivity index (χ4v) is 3.03. The van der Waals surface area contributed by atoms with Gasteiger partial charge in [0.1, 0.15) is 0 Å². The molecule has 0 aliphatic rings. The van der Waals surface area contributed by atoms with Crippen molar-refractivity contribution in [3.8, 4) is 11.4 Å². The fraction of sp³-hybridized carbons (Fsp3) is 0.263. The molecule has 2 aromatic heterocycles. The van der Waals surface area contributed by atoms with Gasteiger partial charge in [-0.05, 0) is 47.3 Å². The van der Waals surface area contributed by atoms with Crippen molar-refractivity contribution in [2.45, 2.75) is 26.3 Å². The van der Waals surface area contributed by atoms with Crippen LogP contribution in [0.25, 0.3) is 11.4 Å². The third kappa shape index (κ3) is 5.79. The van der Waals surface area contributed by atoms with Crippen LogP contribution in [0.15, 0.2) is 41.1 Å². The molecule has 0 aliphatic heterocycles. The van der Waals surface area contributed by atoms with E-state index in [-0.39, 0.29) is 18.2 Å². The summed E-state index contributed by atoms with van der Waals surface area (Å²) in [5.74, 6) is -0.656. The average Bonchev–Trinajstić information content (AvgIpc) is 3.38. The second-order valence-electron chi connectivity index (χ2n) is 6.11. The summed E-state index contributed by atoms with van der Waals surface area (Å²) in [6.07, 6.45) is 1.19. The highest BCUT2D eigenvalue weighted by Gasteiger charge is 2.13. The van der Waals surface area contributed by atoms with Crippen molar-refractivity contribution >= 4 is 34.7 Å². The van der Waals surface area contributed by atoms with Crippen LogP contribution in [0.2, 0.25) is 0 Å². The first-order chi connectivity index (χ1) is 14.0. The highest BCUT2D eigenvalue weighted by Crippen LogP contribution is 2.16. The number of anilines is 1. The molecule has 0 saturated heterocycles. The predicted octanol–water partition coefficient (Wildman–Crippen LogP) is 2.57. The standard InChI is InChI=1S/C19H19N5O4S/c1-2-3-17(26)20-15-6-4-13(5-7-15)16(25)11-28-18(27)10-24-22-19(21-23-24)14-8-9-29-12-14/h4-9,12H,2-3,10-11H2,1H3,(H,20,26). The fourth-order valence-electron chi connectivity index (χ4n) is 2.40. The van der Waals surface area contributed by atoms with Gasteiger partial charge in [0.25, 0.3) is 0 Å². The van der Waals surface area contributed by atoms with Gasteiger partial charge in [-0.25, -0.2) is 4.79 Å². The van der Waals surface area contributed by atoms with Gasteiger partial charge in [0.15, 0.2) is 18.9 Å². The van der Waals surface area contributed by atoms with E-state index in [4.69, 9.17) is 4.74 Å². The van der Waals surface area contributed by atoms with E-state index >= 15 is 0 Å². The Morgan fingerprint density at radius 3 is 2.66 bits per heavy atom. The van der Waals surface area contributed by atoms with E-state index in [1.165, 1.54) is 11.3 Å². The zero-order valence-electron chi connectivity index (χ0n) is 15.7. The monoisotopic (exact) mass is 413 g/mol. The number of hydrogen-bond donors (Lipinski definition) is 1. The summed E-state index contributed by atoms with van der Waals surface area (Å²) in [5.41, 5.74) is 1.81. The van der Waals surface area contributed by atoms with Gasteiger partial charge in [0, 0.05) is 28.6 Å². The third-order valence-corrected chi connectivity index (χ3v) is 4.52. The van der Waals surface area contributed by atoms with Crippen molar-refractivity contribution in [3.05, 3.63) is 46.7 Å². The van der Waals surface area contributed by atoms with Gasteiger partial charge in [0.2, 0.25) is 11.7 Å². The molecule has 0 fully saturated rings. The maximum Gasteiger partial charge on any atom is 0.330 e. The summed E-state index contributed by atoms with van der Waals surface area (Å²) in [6, 6.07) is 8.26. The molecular weight excluding hydrogens is 394 g/mol. The van der Waals surface area contributed by atoms with E-state index in [1.807, 2.05) is 23.8 Å². The van der Waals surface area contributed by atoms with E-state index in [0.29, 0.717) is 23.5 Å². The van der Waals surface area contributed by atoms with Gasteiger partial charge in [0.05, 0.1) is 0 Å². The number of benzene rings is 1. The number of ketones is 1. The van der Waals surface area contributed by atoms with Crippen molar-refractivity contribution in [2.24, 2.45) is 0 Å². The molecule has 3 aromatic rings. The lowest BCUT2D eigenvalue weighted by atomic mass is 10.1. The molecule has 0 spiro atoms. The van der Waals surface area contributed by atoms with E-state index in [1.54, 1.807) is 24.3 Å². The summed E-state index contributed by atoms with van der Waals surface area (Å²) in [4.78, 5) is 36.8. The number of ether oxygens (including phenoxy) is 1. The minimum absolute atomic E-state index is 0.0793. The molecule has 0 bridgehead atoms. The summed E-state index contributed by atoms with van der Waals surface area (Å²) in [5, 5.41) is 18.3. The lowest BCUT2D eigenvalue weighted by Gasteiger charge is -2.06. The lowest BCUT2D eigenvalue weighted by Crippen LogP contribution is -2.20. The molecule has 150 valence electrons. The van der Waals surface area contributed by atoms with Crippen molar-refractivity contribution < 1.29 is 19.1 Å². The minimum Gasteiger partial charge on any atom is -0.456 e. The van der Waals surface area contributed by atoms with Gasteiger partial charge in [-0.1, -0.05) is 6.92 Å². The van der Waals surface area contributed by atoms with Gasteiger partial charge < -0.3 is 10.1 Å². The maximum absolute atomic E-state index is 12.2. The Morgan fingerprint density at radius 1 is 1.17 bits per heavy atom. The number of thiophene rings is 1. The highest BCUT2D eigenvalue weighted by atomic mass is 32.1. The molecular formula is C19H19N5O4S. The Labute approximate surface area is 170 Å². The number of esters is 1. The number of Topliss-reactive ketones (excluding diaryl/α,β-unsaturated/α-hetero) is 1. The van der Waals surface area contributed by atoms with Gasteiger partial charge in [-0.2, -0.15) is 16.1 Å². The van der Waals surface area contributed by atoms with E-state index in [9.17, 15) is 14.4 Å². The largest absolute Gasteiger partial charge is 0.456 e. The van der Waals surface area contributed by atoms with Crippen molar-refractivity contribution in [3.63, 3.8) is 0 Å². The van der Waals surface area contributed by atoms with Crippen LogP contribution in [0.5, 0.6) is 0 Å².